The first-order chi connectivity index (χ1) is 11.2. The first kappa shape index (κ1) is 16.0. The minimum atomic E-state index is -0.136. The second kappa shape index (κ2) is 7.62. The van der Waals surface area contributed by atoms with Crippen LogP contribution in [0.5, 0.6) is 0 Å². The first-order valence-electron chi connectivity index (χ1n) is 7.30. The average Bonchev–Trinajstić information content (AvgIpc) is 3.28. The van der Waals surface area contributed by atoms with Gasteiger partial charge in [-0.05, 0) is 0 Å². The summed E-state index contributed by atoms with van der Waals surface area (Å²) in [5, 5.41) is 6.38. The third kappa shape index (κ3) is 4.12. The molecule has 1 N–H and O–H groups in total. The van der Waals surface area contributed by atoms with Gasteiger partial charge in [0.25, 0.3) is 11.8 Å². The minimum absolute atomic E-state index is 0.00253. The van der Waals surface area contributed by atoms with Gasteiger partial charge in [-0.3, -0.25) is 14.5 Å². The molecule has 0 spiro atoms. The Morgan fingerprint density at radius 2 is 1.70 bits per heavy atom. The summed E-state index contributed by atoms with van der Waals surface area (Å²) in [7, 11) is 0. The number of piperazine rings is 1. The van der Waals surface area contributed by atoms with E-state index in [0.717, 1.165) is 19.6 Å². The first-order valence-corrected chi connectivity index (χ1v) is 9.19. The second-order valence-electron chi connectivity index (χ2n) is 5.14. The normalized spacial score (nSPS) is 15.6. The highest BCUT2D eigenvalue weighted by atomic mass is 32.1. The van der Waals surface area contributed by atoms with Gasteiger partial charge >= 0.3 is 0 Å². The maximum atomic E-state index is 12.2. The predicted molar refractivity (Wildman–Crippen MR) is 88.9 cm³/mol. The number of hydrogen-bond donors (Lipinski definition) is 1. The fraction of sp³-hybridized carbons (Fsp3) is 0.429. The highest BCUT2D eigenvalue weighted by molar-refractivity contribution is 7.08. The molecule has 0 saturated carbocycles. The largest absolute Gasteiger partial charge is 0.349 e. The molecule has 0 bridgehead atoms. The predicted octanol–water partition coefficient (Wildman–Crippen LogP) is 0.787. The van der Waals surface area contributed by atoms with Crippen LogP contribution in [0.3, 0.4) is 0 Å². The molecule has 1 fully saturated rings. The molecule has 0 atom stereocenters. The Hall–Kier alpha value is -1.84. The molecule has 2 amide bonds. The molecular weight excluding hydrogens is 334 g/mol. The molecule has 9 heteroatoms. The van der Waals surface area contributed by atoms with Gasteiger partial charge in [-0.15, -0.1) is 22.7 Å². The lowest BCUT2D eigenvalue weighted by molar-refractivity contribution is 0.0633. The van der Waals surface area contributed by atoms with Crippen LogP contribution >= 0.6 is 22.7 Å². The number of carbonyl (C=O) groups is 2. The van der Waals surface area contributed by atoms with E-state index in [2.05, 4.69) is 20.2 Å². The molecule has 1 aliphatic rings. The van der Waals surface area contributed by atoms with Crippen molar-refractivity contribution >= 4 is 34.5 Å². The van der Waals surface area contributed by atoms with E-state index in [0.29, 0.717) is 31.0 Å². The fourth-order valence-corrected chi connectivity index (χ4v) is 3.46. The van der Waals surface area contributed by atoms with Crippen LogP contribution in [0.15, 0.2) is 21.8 Å². The van der Waals surface area contributed by atoms with E-state index in [4.69, 9.17) is 0 Å². The summed E-state index contributed by atoms with van der Waals surface area (Å²) in [6.07, 6.45) is 0. The summed E-state index contributed by atoms with van der Waals surface area (Å²) in [6.45, 7) is 4.35. The summed E-state index contributed by atoms with van der Waals surface area (Å²) < 4.78 is 0. The molecule has 0 unspecified atom stereocenters. The average molecular weight is 351 g/mol. The van der Waals surface area contributed by atoms with Crippen LogP contribution in [0.1, 0.15) is 21.0 Å². The van der Waals surface area contributed by atoms with Crippen molar-refractivity contribution in [2.45, 2.75) is 0 Å². The number of amides is 2. The molecule has 0 aliphatic carbocycles. The van der Waals surface area contributed by atoms with Crippen molar-refractivity contribution in [1.82, 2.24) is 25.1 Å². The van der Waals surface area contributed by atoms with Crippen LogP contribution in [-0.2, 0) is 0 Å². The summed E-state index contributed by atoms with van der Waals surface area (Å²) in [5.74, 6) is -0.133. The van der Waals surface area contributed by atoms with Gasteiger partial charge in [0.2, 0.25) is 0 Å². The minimum Gasteiger partial charge on any atom is -0.349 e. The lowest BCUT2D eigenvalue weighted by atomic mass is 10.3. The van der Waals surface area contributed by atoms with E-state index in [1.807, 2.05) is 4.90 Å². The van der Waals surface area contributed by atoms with E-state index in [-0.39, 0.29) is 11.8 Å². The Morgan fingerprint density at radius 3 is 2.30 bits per heavy atom. The Morgan fingerprint density at radius 1 is 1.04 bits per heavy atom. The van der Waals surface area contributed by atoms with Gasteiger partial charge < -0.3 is 10.2 Å². The van der Waals surface area contributed by atoms with Crippen molar-refractivity contribution < 1.29 is 9.59 Å². The highest BCUT2D eigenvalue weighted by Gasteiger charge is 2.23. The van der Waals surface area contributed by atoms with E-state index in [9.17, 15) is 9.59 Å². The Labute approximate surface area is 142 Å². The molecular formula is C14H17N5O2S2. The molecule has 2 aromatic heterocycles. The van der Waals surface area contributed by atoms with Gasteiger partial charge in [-0.1, -0.05) is 0 Å². The van der Waals surface area contributed by atoms with E-state index < -0.39 is 0 Å². The van der Waals surface area contributed by atoms with Crippen molar-refractivity contribution in [3.8, 4) is 0 Å². The third-order valence-electron chi connectivity index (χ3n) is 3.69. The van der Waals surface area contributed by atoms with Gasteiger partial charge in [0.15, 0.2) is 0 Å². The van der Waals surface area contributed by atoms with Crippen molar-refractivity contribution in [3.05, 3.63) is 33.2 Å². The Kier molecular flexibility index (Phi) is 5.31. The number of carbonyl (C=O) groups excluding carboxylic acids is 2. The van der Waals surface area contributed by atoms with Crippen LogP contribution < -0.4 is 5.32 Å². The van der Waals surface area contributed by atoms with Gasteiger partial charge in [0, 0.05) is 50.0 Å². The summed E-state index contributed by atoms with van der Waals surface area (Å²) >= 11 is 2.84. The van der Waals surface area contributed by atoms with Crippen LogP contribution in [0.25, 0.3) is 0 Å². The van der Waals surface area contributed by atoms with E-state index in [1.165, 1.54) is 22.7 Å². The molecule has 1 saturated heterocycles. The van der Waals surface area contributed by atoms with Crippen molar-refractivity contribution in [2.75, 3.05) is 39.3 Å². The lowest BCUT2D eigenvalue weighted by Crippen LogP contribution is -2.50. The smallest absolute Gasteiger partial charge is 0.273 e. The summed E-state index contributed by atoms with van der Waals surface area (Å²) in [6, 6.07) is 0. The van der Waals surface area contributed by atoms with Crippen LogP contribution in [0.4, 0.5) is 0 Å². The zero-order chi connectivity index (χ0) is 16.1. The zero-order valence-electron chi connectivity index (χ0n) is 12.5. The monoisotopic (exact) mass is 351 g/mol. The van der Waals surface area contributed by atoms with Gasteiger partial charge in [0.05, 0.1) is 11.0 Å². The van der Waals surface area contributed by atoms with Crippen molar-refractivity contribution in [2.24, 2.45) is 0 Å². The zero-order valence-corrected chi connectivity index (χ0v) is 14.1. The third-order valence-corrected chi connectivity index (χ3v) is 4.86. The van der Waals surface area contributed by atoms with Crippen molar-refractivity contribution in [1.29, 1.82) is 0 Å². The van der Waals surface area contributed by atoms with Crippen LogP contribution in [0, 0.1) is 0 Å². The Balaban J connectivity index is 1.38. The number of rotatable bonds is 5. The molecule has 3 heterocycles. The lowest BCUT2D eigenvalue weighted by Gasteiger charge is -2.34. The quantitative estimate of drug-likeness (QED) is 0.862. The number of nitrogens with one attached hydrogen (secondary N) is 1. The standard InChI is InChI=1S/C14H17N5O2S2/c20-13(11-7-22-9-16-11)15-1-2-18-3-5-19(6-4-18)14(21)12-8-23-10-17-12/h7-10H,1-6H2,(H,15,20). The molecule has 23 heavy (non-hydrogen) atoms. The molecule has 1 aliphatic heterocycles. The number of thiazole rings is 2. The highest BCUT2D eigenvalue weighted by Crippen LogP contribution is 2.09. The number of nitrogens with zero attached hydrogens (tertiary/aromatic N) is 4. The summed E-state index contributed by atoms with van der Waals surface area (Å²) in [5.41, 5.74) is 4.31. The molecule has 0 radical (unpaired) electrons. The maximum absolute atomic E-state index is 12.2. The van der Waals surface area contributed by atoms with E-state index in [1.54, 1.807) is 21.8 Å². The molecule has 3 rings (SSSR count). The van der Waals surface area contributed by atoms with Gasteiger partial charge in [-0.25, -0.2) is 9.97 Å². The molecule has 122 valence electrons. The number of aromatic nitrogens is 2. The second-order valence-corrected chi connectivity index (χ2v) is 6.57. The molecule has 2 aromatic rings. The maximum Gasteiger partial charge on any atom is 0.273 e. The van der Waals surface area contributed by atoms with Crippen LogP contribution in [-0.4, -0.2) is 70.9 Å². The van der Waals surface area contributed by atoms with Crippen LogP contribution in [0.2, 0.25) is 0 Å². The Bertz CT molecular complexity index is 633. The van der Waals surface area contributed by atoms with E-state index >= 15 is 0 Å². The molecule has 7 nitrogen and oxygen atoms in total. The van der Waals surface area contributed by atoms with Gasteiger partial charge in [0.1, 0.15) is 11.4 Å². The van der Waals surface area contributed by atoms with Gasteiger partial charge in [-0.2, -0.15) is 0 Å². The van der Waals surface area contributed by atoms with Crippen molar-refractivity contribution in [3.63, 3.8) is 0 Å². The fourth-order valence-electron chi connectivity index (χ4n) is 2.40. The topological polar surface area (TPSA) is 78.4 Å². The SMILES string of the molecule is O=C(NCCN1CCN(C(=O)c2cscn2)CC1)c1cscn1. The number of hydrogen-bond acceptors (Lipinski definition) is 7. The summed E-state index contributed by atoms with van der Waals surface area (Å²) in [4.78, 5) is 36.1. The molecule has 0 aromatic carbocycles.